The Kier molecular flexibility index (Phi) is 3.64. The van der Waals surface area contributed by atoms with Crippen LogP contribution in [-0.2, 0) is 15.9 Å². The van der Waals surface area contributed by atoms with E-state index >= 15 is 0 Å². The van der Waals surface area contributed by atoms with Crippen LogP contribution in [0.15, 0.2) is 15.3 Å². The number of esters is 1. The Labute approximate surface area is 126 Å². The first-order chi connectivity index (χ1) is 10.6. The maximum Gasteiger partial charge on any atom is 0.410 e. The van der Waals surface area contributed by atoms with Crippen LogP contribution in [0, 0.1) is 0 Å². The molecule has 7 heteroatoms. The summed E-state index contributed by atoms with van der Waals surface area (Å²) in [5.74, 6) is -0.190. The molecule has 2 bridgehead atoms. The van der Waals surface area contributed by atoms with Crippen LogP contribution in [0.4, 0.5) is 4.79 Å². The van der Waals surface area contributed by atoms with Gasteiger partial charge in [-0.3, -0.25) is 4.90 Å². The molecular weight excluding hydrogens is 290 g/mol. The minimum Gasteiger partial charge on any atom is -0.465 e. The molecule has 0 radical (unpaired) electrons. The average molecular weight is 307 g/mol. The van der Waals surface area contributed by atoms with E-state index in [4.69, 9.17) is 9.15 Å². The molecule has 0 N–H and O–H groups in total. The van der Waals surface area contributed by atoms with Gasteiger partial charge in [0.2, 0.25) is 0 Å². The molecule has 1 fully saturated rings. The quantitative estimate of drug-likeness (QED) is 0.772. The number of hydrogen-bond donors (Lipinski definition) is 0. The summed E-state index contributed by atoms with van der Waals surface area (Å²) in [4.78, 5) is 37.3. The number of nitrogens with zero attached hydrogens (tertiary/aromatic N) is 1. The number of hydrogen-bond acceptors (Lipinski definition) is 6. The molecule has 2 atom stereocenters. The smallest absolute Gasteiger partial charge is 0.410 e. The fourth-order valence-electron chi connectivity index (χ4n) is 3.29. The van der Waals surface area contributed by atoms with Crippen LogP contribution in [0.5, 0.6) is 0 Å². The highest BCUT2D eigenvalue weighted by Crippen LogP contribution is 2.43. The summed E-state index contributed by atoms with van der Waals surface area (Å²) in [6, 6.07) is 1.25. The molecule has 0 saturated carbocycles. The Bertz CT molecular complexity index is 679. The van der Waals surface area contributed by atoms with Gasteiger partial charge in [-0.2, -0.15) is 0 Å². The molecule has 1 aromatic heterocycles. The van der Waals surface area contributed by atoms with E-state index in [0.29, 0.717) is 24.4 Å². The summed E-state index contributed by atoms with van der Waals surface area (Å²) in [6.45, 7) is 2.06. The van der Waals surface area contributed by atoms with E-state index in [1.165, 1.54) is 13.2 Å². The largest absolute Gasteiger partial charge is 0.465 e. The molecular formula is C15H17NO6. The van der Waals surface area contributed by atoms with Crippen LogP contribution in [0.25, 0.3) is 0 Å². The summed E-state index contributed by atoms with van der Waals surface area (Å²) in [6.07, 6.45) is 1.66. The Hall–Kier alpha value is -2.31. The zero-order valence-corrected chi connectivity index (χ0v) is 12.5. The monoisotopic (exact) mass is 307 g/mol. The van der Waals surface area contributed by atoms with Gasteiger partial charge in [-0.1, -0.05) is 0 Å². The maximum atomic E-state index is 12.1. The van der Waals surface area contributed by atoms with Crippen molar-refractivity contribution in [1.29, 1.82) is 0 Å². The standard InChI is InChI=1S/C15H17NO6/c1-3-21-15(19)16-8-4-5-11(16)9-7-10(13(17)20-2)14(18)22-12(9)6-8/h7-8,11H,3-6H2,1-2H3. The molecule has 2 aliphatic rings. The minimum absolute atomic E-state index is 0.0244. The molecule has 2 unspecified atom stereocenters. The van der Waals surface area contributed by atoms with Crippen LogP contribution < -0.4 is 5.63 Å². The second kappa shape index (κ2) is 5.47. The summed E-state index contributed by atoms with van der Waals surface area (Å²) >= 11 is 0. The summed E-state index contributed by atoms with van der Waals surface area (Å²) < 4.78 is 15.0. The number of methoxy groups -OCH3 is 1. The summed E-state index contributed by atoms with van der Waals surface area (Å²) in [5, 5.41) is 0. The normalized spacial score (nSPS) is 22.2. The van der Waals surface area contributed by atoms with E-state index < -0.39 is 11.6 Å². The number of rotatable bonds is 2. The highest BCUT2D eigenvalue weighted by atomic mass is 16.6. The molecule has 3 heterocycles. The molecule has 0 spiro atoms. The summed E-state index contributed by atoms with van der Waals surface area (Å²) in [7, 11) is 1.21. The fraction of sp³-hybridized carbons (Fsp3) is 0.533. The number of carbonyl (C=O) groups excluding carboxylic acids is 2. The second-order valence-corrected chi connectivity index (χ2v) is 5.37. The topological polar surface area (TPSA) is 86.0 Å². The van der Waals surface area contributed by atoms with Crippen molar-refractivity contribution in [2.45, 2.75) is 38.3 Å². The van der Waals surface area contributed by atoms with Crippen molar-refractivity contribution in [3.8, 4) is 0 Å². The number of carbonyl (C=O) groups is 2. The lowest BCUT2D eigenvalue weighted by molar-refractivity contribution is 0.0593. The molecule has 1 saturated heterocycles. The van der Waals surface area contributed by atoms with Gasteiger partial charge in [0.05, 0.1) is 19.8 Å². The maximum absolute atomic E-state index is 12.1. The van der Waals surface area contributed by atoms with E-state index in [9.17, 15) is 14.4 Å². The molecule has 0 aromatic carbocycles. The van der Waals surface area contributed by atoms with Crippen LogP contribution in [-0.4, -0.2) is 36.7 Å². The van der Waals surface area contributed by atoms with Crippen LogP contribution in [0.3, 0.4) is 0 Å². The molecule has 1 aromatic rings. The Balaban J connectivity index is 2.03. The van der Waals surface area contributed by atoms with Crippen molar-refractivity contribution < 1.29 is 23.5 Å². The SMILES string of the molecule is CCOC(=O)N1C2CCC1c1cc(C(=O)OC)c(=O)oc1C2. The van der Waals surface area contributed by atoms with Gasteiger partial charge in [-0.15, -0.1) is 0 Å². The number of fused-ring (bicyclic) bond motifs is 4. The highest BCUT2D eigenvalue weighted by Gasteiger charge is 2.45. The van der Waals surface area contributed by atoms with Crippen LogP contribution in [0.1, 0.15) is 47.5 Å². The van der Waals surface area contributed by atoms with Crippen molar-refractivity contribution in [2.24, 2.45) is 0 Å². The third kappa shape index (κ3) is 2.17. The molecule has 22 heavy (non-hydrogen) atoms. The number of amides is 1. The first-order valence-corrected chi connectivity index (χ1v) is 7.27. The predicted octanol–water partition coefficient (Wildman–Crippen LogP) is 1.64. The summed E-state index contributed by atoms with van der Waals surface area (Å²) in [5.41, 5.74) is -0.146. The van der Waals surface area contributed by atoms with Gasteiger partial charge in [0.25, 0.3) is 0 Å². The van der Waals surface area contributed by atoms with E-state index in [2.05, 4.69) is 4.74 Å². The molecule has 1 amide bonds. The van der Waals surface area contributed by atoms with Crippen LogP contribution >= 0.6 is 0 Å². The Morgan fingerprint density at radius 2 is 2.18 bits per heavy atom. The Morgan fingerprint density at radius 1 is 1.41 bits per heavy atom. The molecule has 0 aliphatic carbocycles. The van der Waals surface area contributed by atoms with E-state index in [1.807, 2.05) is 0 Å². The Morgan fingerprint density at radius 3 is 2.86 bits per heavy atom. The third-order valence-electron chi connectivity index (χ3n) is 4.22. The van der Waals surface area contributed by atoms with E-state index in [0.717, 1.165) is 12.8 Å². The van der Waals surface area contributed by atoms with Gasteiger partial charge >= 0.3 is 17.7 Å². The van der Waals surface area contributed by atoms with Gasteiger partial charge in [-0.25, -0.2) is 14.4 Å². The van der Waals surface area contributed by atoms with Gasteiger partial charge in [0.15, 0.2) is 0 Å². The van der Waals surface area contributed by atoms with Gasteiger partial charge in [0, 0.05) is 18.0 Å². The zero-order chi connectivity index (χ0) is 15.9. The first kappa shape index (κ1) is 14.6. The zero-order valence-electron chi connectivity index (χ0n) is 12.5. The van der Waals surface area contributed by atoms with Gasteiger partial charge < -0.3 is 13.9 Å². The fourth-order valence-corrected chi connectivity index (χ4v) is 3.29. The lowest BCUT2D eigenvalue weighted by Crippen LogP contribution is -2.42. The minimum atomic E-state index is -0.737. The van der Waals surface area contributed by atoms with Crippen molar-refractivity contribution in [3.05, 3.63) is 33.4 Å². The van der Waals surface area contributed by atoms with E-state index in [1.54, 1.807) is 11.8 Å². The van der Waals surface area contributed by atoms with Gasteiger partial charge in [-0.05, 0) is 25.8 Å². The highest BCUT2D eigenvalue weighted by molar-refractivity contribution is 5.89. The average Bonchev–Trinajstić information content (AvgIpc) is 2.82. The number of ether oxygens (including phenoxy) is 2. The van der Waals surface area contributed by atoms with E-state index in [-0.39, 0.29) is 23.7 Å². The lowest BCUT2D eigenvalue weighted by Gasteiger charge is -2.34. The predicted molar refractivity (Wildman–Crippen MR) is 74.6 cm³/mol. The third-order valence-corrected chi connectivity index (χ3v) is 4.22. The molecule has 7 nitrogen and oxygen atoms in total. The second-order valence-electron chi connectivity index (χ2n) is 5.37. The van der Waals surface area contributed by atoms with Crippen molar-refractivity contribution in [1.82, 2.24) is 4.90 Å². The van der Waals surface area contributed by atoms with Crippen molar-refractivity contribution >= 4 is 12.1 Å². The lowest BCUT2D eigenvalue weighted by atomic mass is 9.98. The van der Waals surface area contributed by atoms with Gasteiger partial charge in [0.1, 0.15) is 11.3 Å². The molecule has 3 rings (SSSR count). The molecule has 118 valence electrons. The van der Waals surface area contributed by atoms with Crippen molar-refractivity contribution in [2.75, 3.05) is 13.7 Å². The molecule has 2 aliphatic heterocycles. The first-order valence-electron chi connectivity index (χ1n) is 7.27. The van der Waals surface area contributed by atoms with Crippen LogP contribution in [0.2, 0.25) is 0 Å². The van der Waals surface area contributed by atoms with Crippen molar-refractivity contribution in [3.63, 3.8) is 0 Å².